The molecule has 1 saturated heterocycles. The zero-order valence-corrected chi connectivity index (χ0v) is 16.0. The number of phenolic OH excluding ortho intramolecular Hbond substituents is 1. The lowest BCUT2D eigenvalue weighted by Crippen LogP contribution is -2.24. The molecule has 3 rings (SSSR count). The van der Waals surface area contributed by atoms with Gasteiger partial charge in [-0.3, -0.25) is 9.59 Å². The van der Waals surface area contributed by atoms with Crippen LogP contribution in [-0.4, -0.2) is 40.5 Å². The fourth-order valence-electron chi connectivity index (χ4n) is 3.16. The van der Waals surface area contributed by atoms with Gasteiger partial charge in [0, 0.05) is 12.6 Å². The van der Waals surface area contributed by atoms with Gasteiger partial charge < -0.3 is 19.8 Å². The van der Waals surface area contributed by atoms with E-state index in [0.29, 0.717) is 29.4 Å². The van der Waals surface area contributed by atoms with Gasteiger partial charge in [0.15, 0.2) is 0 Å². The quantitative estimate of drug-likeness (QED) is 0.470. The maximum Gasteiger partial charge on any atom is 0.295 e. The molecule has 1 heterocycles. The van der Waals surface area contributed by atoms with Crippen LogP contribution < -0.4 is 4.74 Å². The van der Waals surface area contributed by atoms with Crippen LogP contribution in [0.4, 0.5) is 0 Å². The average Bonchev–Trinajstić information content (AvgIpc) is 2.90. The van der Waals surface area contributed by atoms with Crippen molar-refractivity contribution >= 4 is 17.4 Å². The predicted molar refractivity (Wildman–Crippen MR) is 105 cm³/mol. The highest BCUT2D eigenvalue weighted by molar-refractivity contribution is 6.46. The standard InChI is InChI=1S/C22H23NO5/c1-13(2)12-28-17-9-7-14(8-10-17)20(25)18-19(23(3)22(27)21(18)26)15-5-4-6-16(24)11-15/h4-11,13,19,24-25H,12H2,1-3H3/b20-18-. The molecule has 0 aromatic heterocycles. The third-order valence-corrected chi connectivity index (χ3v) is 4.57. The number of hydrogen-bond acceptors (Lipinski definition) is 5. The Morgan fingerprint density at radius 1 is 1.14 bits per heavy atom. The van der Waals surface area contributed by atoms with Crippen LogP contribution in [0.5, 0.6) is 11.5 Å². The Morgan fingerprint density at radius 2 is 1.82 bits per heavy atom. The molecule has 1 unspecified atom stereocenters. The maximum absolute atomic E-state index is 12.5. The van der Waals surface area contributed by atoms with Crippen molar-refractivity contribution in [2.24, 2.45) is 5.92 Å². The fourth-order valence-corrected chi connectivity index (χ4v) is 3.16. The van der Waals surface area contributed by atoms with Crippen LogP contribution in [0.25, 0.3) is 5.76 Å². The van der Waals surface area contributed by atoms with Crippen molar-refractivity contribution in [3.05, 3.63) is 65.2 Å². The number of ketones is 1. The number of benzene rings is 2. The summed E-state index contributed by atoms with van der Waals surface area (Å²) in [6.07, 6.45) is 0. The fraction of sp³-hybridized carbons (Fsp3) is 0.273. The summed E-state index contributed by atoms with van der Waals surface area (Å²) in [6, 6.07) is 12.2. The molecular formula is C22H23NO5. The van der Waals surface area contributed by atoms with E-state index in [1.165, 1.54) is 24.1 Å². The molecule has 2 N–H and O–H groups in total. The van der Waals surface area contributed by atoms with E-state index in [9.17, 15) is 19.8 Å². The Hall–Kier alpha value is -3.28. The summed E-state index contributed by atoms with van der Waals surface area (Å²) in [5, 5.41) is 20.6. The monoisotopic (exact) mass is 381 g/mol. The van der Waals surface area contributed by atoms with Crippen molar-refractivity contribution in [2.75, 3.05) is 13.7 Å². The minimum absolute atomic E-state index is 0.00560. The Morgan fingerprint density at radius 3 is 2.43 bits per heavy atom. The molecular weight excluding hydrogens is 358 g/mol. The first kappa shape index (κ1) is 19.5. The second-order valence-electron chi connectivity index (χ2n) is 7.23. The lowest BCUT2D eigenvalue weighted by Gasteiger charge is -2.21. The number of rotatable bonds is 5. The number of phenols is 1. The van der Waals surface area contributed by atoms with Crippen molar-refractivity contribution in [1.82, 2.24) is 4.90 Å². The molecule has 2 aromatic rings. The van der Waals surface area contributed by atoms with Crippen LogP contribution in [0.1, 0.15) is 31.0 Å². The number of amides is 1. The molecule has 0 bridgehead atoms. The van der Waals surface area contributed by atoms with Gasteiger partial charge in [-0.1, -0.05) is 26.0 Å². The Kier molecular flexibility index (Phi) is 5.40. The smallest absolute Gasteiger partial charge is 0.295 e. The minimum Gasteiger partial charge on any atom is -0.508 e. The third-order valence-electron chi connectivity index (χ3n) is 4.57. The molecule has 0 spiro atoms. The van der Waals surface area contributed by atoms with Crippen LogP contribution >= 0.6 is 0 Å². The molecule has 1 amide bonds. The third kappa shape index (κ3) is 3.71. The average molecular weight is 381 g/mol. The zero-order valence-electron chi connectivity index (χ0n) is 16.0. The minimum atomic E-state index is -0.774. The molecule has 6 nitrogen and oxygen atoms in total. The lowest BCUT2D eigenvalue weighted by molar-refractivity contribution is -0.139. The van der Waals surface area contributed by atoms with Crippen LogP contribution in [0, 0.1) is 5.92 Å². The van der Waals surface area contributed by atoms with E-state index in [4.69, 9.17) is 4.74 Å². The van der Waals surface area contributed by atoms with Gasteiger partial charge in [0.25, 0.3) is 11.7 Å². The Bertz CT molecular complexity index is 930. The normalized spacial score (nSPS) is 18.7. The molecule has 1 aliphatic rings. The summed E-state index contributed by atoms with van der Waals surface area (Å²) >= 11 is 0. The first-order valence-corrected chi connectivity index (χ1v) is 9.06. The number of ether oxygens (including phenoxy) is 1. The van der Waals surface area contributed by atoms with Crippen LogP contribution in [0.15, 0.2) is 54.1 Å². The van der Waals surface area contributed by atoms with Gasteiger partial charge in [0.2, 0.25) is 0 Å². The Labute approximate surface area is 163 Å². The van der Waals surface area contributed by atoms with Crippen molar-refractivity contribution < 1.29 is 24.5 Å². The number of likely N-dealkylation sites (N-methyl/N-ethyl adjacent to an activating group) is 1. The molecule has 6 heteroatoms. The van der Waals surface area contributed by atoms with Gasteiger partial charge in [0.05, 0.1) is 18.2 Å². The predicted octanol–water partition coefficient (Wildman–Crippen LogP) is 3.48. The molecule has 2 aromatic carbocycles. The molecule has 0 aliphatic carbocycles. The molecule has 1 fully saturated rings. The summed E-state index contributed by atoms with van der Waals surface area (Å²) in [7, 11) is 1.50. The number of likely N-dealkylation sites (tertiary alicyclic amines) is 1. The van der Waals surface area contributed by atoms with Gasteiger partial charge in [-0.25, -0.2) is 0 Å². The van der Waals surface area contributed by atoms with E-state index < -0.39 is 17.7 Å². The van der Waals surface area contributed by atoms with E-state index in [1.54, 1.807) is 36.4 Å². The van der Waals surface area contributed by atoms with Crippen molar-refractivity contribution in [3.63, 3.8) is 0 Å². The second-order valence-corrected chi connectivity index (χ2v) is 7.23. The topological polar surface area (TPSA) is 87.1 Å². The number of Topliss-reactive ketones (excluding diaryl/α,β-unsaturated/α-hetero) is 1. The molecule has 0 saturated carbocycles. The van der Waals surface area contributed by atoms with E-state index in [1.807, 2.05) is 13.8 Å². The number of nitrogens with zero attached hydrogens (tertiary/aromatic N) is 1. The van der Waals surface area contributed by atoms with Gasteiger partial charge in [-0.2, -0.15) is 0 Å². The largest absolute Gasteiger partial charge is 0.508 e. The van der Waals surface area contributed by atoms with Gasteiger partial charge >= 0.3 is 0 Å². The van der Waals surface area contributed by atoms with E-state index >= 15 is 0 Å². The first-order chi connectivity index (χ1) is 13.3. The SMILES string of the molecule is CC(C)COc1ccc(/C(O)=C2/C(=O)C(=O)N(C)C2c2cccc(O)c2)cc1. The highest BCUT2D eigenvalue weighted by Gasteiger charge is 2.44. The zero-order chi connectivity index (χ0) is 20.4. The second kappa shape index (κ2) is 7.76. The summed E-state index contributed by atoms with van der Waals surface area (Å²) in [6.45, 7) is 4.67. The molecule has 1 aliphatic heterocycles. The van der Waals surface area contributed by atoms with Crippen molar-refractivity contribution in [3.8, 4) is 11.5 Å². The van der Waals surface area contributed by atoms with Gasteiger partial charge in [0.1, 0.15) is 17.3 Å². The van der Waals surface area contributed by atoms with Crippen LogP contribution in [0.3, 0.4) is 0 Å². The van der Waals surface area contributed by atoms with Crippen molar-refractivity contribution in [2.45, 2.75) is 19.9 Å². The van der Waals surface area contributed by atoms with E-state index in [-0.39, 0.29) is 17.1 Å². The molecule has 146 valence electrons. The van der Waals surface area contributed by atoms with E-state index in [2.05, 4.69) is 0 Å². The first-order valence-electron chi connectivity index (χ1n) is 9.06. The van der Waals surface area contributed by atoms with E-state index in [0.717, 1.165) is 0 Å². The number of carbonyl (C=O) groups is 2. The van der Waals surface area contributed by atoms with Gasteiger partial charge in [-0.15, -0.1) is 0 Å². The number of carbonyl (C=O) groups excluding carboxylic acids is 2. The highest BCUT2D eigenvalue weighted by Crippen LogP contribution is 2.39. The summed E-state index contributed by atoms with van der Waals surface area (Å²) in [4.78, 5) is 26.1. The summed E-state index contributed by atoms with van der Waals surface area (Å²) in [5.74, 6) is -0.656. The van der Waals surface area contributed by atoms with Crippen LogP contribution in [-0.2, 0) is 9.59 Å². The highest BCUT2D eigenvalue weighted by atomic mass is 16.5. The number of aromatic hydroxyl groups is 1. The van der Waals surface area contributed by atoms with Crippen LogP contribution in [0.2, 0.25) is 0 Å². The van der Waals surface area contributed by atoms with Crippen molar-refractivity contribution in [1.29, 1.82) is 0 Å². The number of aliphatic hydroxyl groups excluding tert-OH is 1. The lowest BCUT2D eigenvalue weighted by atomic mass is 9.95. The maximum atomic E-state index is 12.5. The summed E-state index contributed by atoms with van der Waals surface area (Å²) in [5.41, 5.74) is 0.947. The molecule has 0 radical (unpaired) electrons. The Balaban J connectivity index is 2.00. The number of hydrogen-bond donors (Lipinski definition) is 2. The number of aliphatic hydroxyl groups is 1. The van der Waals surface area contributed by atoms with Gasteiger partial charge in [-0.05, 0) is 47.9 Å². The summed E-state index contributed by atoms with van der Waals surface area (Å²) < 4.78 is 5.63. The molecule has 28 heavy (non-hydrogen) atoms. The molecule has 1 atom stereocenters.